The Morgan fingerprint density at radius 2 is 1.85 bits per heavy atom. The molecule has 4 aliphatic carbocycles. The molecular formula is C30H44O4. The minimum atomic E-state index is -0.270. The molecule has 4 aliphatic rings. The second kappa shape index (κ2) is 9.06. The molecule has 0 aromatic heterocycles. The minimum Gasteiger partial charge on any atom is -0.469 e. The van der Waals surface area contributed by atoms with Gasteiger partial charge in [0, 0.05) is 24.3 Å². The van der Waals surface area contributed by atoms with Crippen molar-refractivity contribution in [2.45, 2.75) is 92.4 Å². The summed E-state index contributed by atoms with van der Waals surface area (Å²) >= 11 is 0. The molecule has 3 unspecified atom stereocenters. The normalized spacial score (nSPS) is 39.1. The first-order valence-corrected chi connectivity index (χ1v) is 13.5. The Bertz CT molecular complexity index is 928. The number of ether oxygens (including phenoxy) is 1. The lowest BCUT2D eigenvalue weighted by Crippen LogP contribution is -2.50. The molecule has 0 saturated heterocycles. The van der Waals surface area contributed by atoms with Gasteiger partial charge in [0.25, 0.3) is 0 Å². The molecule has 4 nitrogen and oxygen atoms in total. The zero-order chi connectivity index (χ0) is 25.0. The number of esters is 1. The van der Waals surface area contributed by atoms with Crippen molar-refractivity contribution in [3.63, 3.8) is 0 Å². The molecule has 2 fully saturated rings. The highest BCUT2D eigenvalue weighted by atomic mass is 16.5. The molecule has 8 atom stereocenters. The number of rotatable bonds is 6. The van der Waals surface area contributed by atoms with E-state index in [1.165, 1.54) is 25.5 Å². The fourth-order valence-corrected chi connectivity index (χ4v) is 8.73. The summed E-state index contributed by atoms with van der Waals surface area (Å²) in [5, 5.41) is 0. The fourth-order valence-electron chi connectivity index (χ4n) is 8.73. The van der Waals surface area contributed by atoms with Gasteiger partial charge in [-0.1, -0.05) is 45.4 Å². The van der Waals surface area contributed by atoms with Crippen molar-refractivity contribution >= 4 is 17.5 Å². The van der Waals surface area contributed by atoms with Gasteiger partial charge in [-0.2, -0.15) is 0 Å². The molecule has 0 aliphatic heterocycles. The van der Waals surface area contributed by atoms with Crippen LogP contribution < -0.4 is 0 Å². The van der Waals surface area contributed by atoms with Crippen LogP contribution >= 0.6 is 0 Å². The molecule has 4 rings (SSSR count). The lowest BCUT2D eigenvalue weighted by molar-refractivity contribution is -0.143. The number of hydrogen-bond acceptors (Lipinski definition) is 4. The van der Waals surface area contributed by atoms with Gasteiger partial charge in [0.05, 0.1) is 13.0 Å². The summed E-state index contributed by atoms with van der Waals surface area (Å²) in [6, 6.07) is 0. The molecule has 0 aromatic rings. The molecule has 0 aromatic carbocycles. The zero-order valence-electron chi connectivity index (χ0n) is 22.2. The van der Waals surface area contributed by atoms with Gasteiger partial charge >= 0.3 is 5.97 Å². The van der Waals surface area contributed by atoms with E-state index in [0.717, 1.165) is 43.3 Å². The lowest BCUT2D eigenvalue weighted by atomic mass is 9.48. The number of allylic oxidation sites excluding steroid dienone is 2. The van der Waals surface area contributed by atoms with Gasteiger partial charge in [-0.3, -0.25) is 14.4 Å². The highest BCUT2D eigenvalue weighted by Crippen LogP contribution is 2.65. The minimum absolute atomic E-state index is 0.0178. The number of Topliss-reactive ketones (excluding diaryl/α,β-unsaturated/α-hetero) is 2. The number of ketones is 2. The summed E-state index contributed by atoms with van der Waals surface area (Å²) in [6.45, 7) is 15.1. The van der Waals surface area contributed by atoms with Crippen LogP contribution in [0, 0.1) is 46.3 Å². The SMILES string of the molecule is C=C(CC[C@@H](C)[C@H]1CCC2C3=C(C(=O)C[C@@]21C)[C@@]1(C)CCC(=O)[C@@H](C)C1CC3)C(C)C(=O)OC. The van der Waals surface area contributed by atoms with E-state index in [2.05, 4.69) is 34.3 Å². The van der Waals surface area contributed by atoms with Gasteiger partial charge in [-0.15, -0.1) is 0 Å². The van der Waals surface area contributed by atoms with Crippen LogP contribution in [-0.4, -0.2) is 24.6 Å². The quantitative estimate of drug-likeness (QED) is 0.330. The van der Waals surface area contributed by atoms with Crippen LogP contribution in [0.3, 0.4) is 0 Å². The smallest absolute Gasteiger partial charge is 0.312 e. The van der Waals surface area contributed by atoms with Gasteiger partial charge in [-0.05, 0) is 86.4 Å². The first-order valence-electron chi connectivity index (χ1n) is 13.5. The Morgan fingerprint density at radius 1 is 1.15 bits per heavy atom. The summed E-state index contributed by atoms with van der Waals surface area (Å²) in [5.41, 5.74) is 3.43. The number of carbonyl (C=O) groups excluding carboxylic acids is 3. The van der Waals surface area contributed by atoms with Crippen LogP contribution in [0.5, 0.6) is 0 Å². The summed E-state index contributed by atoms with van der Waals surface area (Å²) in [5.74, 6) is 2.14. The Morgan fingerprint density at radius 3 is 2.53 bits per heavy atom. The topological polar surface area (TPSA) is 60.4 Å². The van der Waals surface area contributed by atoms with E-state index >= 15 is 0 Å². The average Bonchev–Trinajstić information content (AvgIpc) is 3.15. The maximum absolute atomic E-state index is 13.8. The van der Waals surface area contributed by atoms with Crippen LogP contribution in [0.4, 0.5) is 0 Å². The third-order valence-corrected chi connectivity index (χ3v) is 10.9. The second-order valence-electron chi connectivity index (χ2n) is 12.5. The Balaban J connectivity index is 1.54. The third-order valence-electron chi connectivity index (χ3n) is 10.9. The Kier molecular flexibility index (Phi) is 6.76. The van der Waals surface area contributed by atoms with E-state index in [-0.39, 0.29) is 28.6 Å². The number of methoxy groups -OCH3 is 1. The largest absolute Gasteiger partial charge is 0.469 e. The van der Waals surface area contributed by atoms with Crippen LogP contribution in [0.25, 0.3) is 0 Å². The average molecular weight is 469 g/mol. The molecule has 0 spiro atoms. The first kappa shape index (κ1) is 25.4. The van der Waals surface area contributed by atoms with Crippen LogP contribution in [0.2, 0.25) is 0 Å². The molecule has 0 bridgehead atoms. The standard InChI is InChI=1S/C30H44O4/c1-17(19(3)28(33)34-7)8-9-18(2)22-12-13-24-21-10-11-23-20(4)25(31)14-15-29(23,5)27(21)26(32)16-30(22,24)6/h18-20,22-24H,1,8-16H2,2-7H3/t18-,19?,20+,22-,23?,24?,29+,30-/m1/s1. The first-order chi connectivity index (χ1) is 16.0. The molecule has 4 heteroatoms. The van der Waals surface area contributed by atoms with Gasteiger partial charge in [-0.25, -0.2) is 0 Å². The Labute approximate surface area is 206 Å². The molecule has 0 N–H and O–H groups in total. The predicted octanol–water partition coefficient (Wildman–Crippen LogP) is 6.49. The van der Waals surface area contributed by atoms with Crippen molar-refractivity contribution < 1.29 is 19.1 Å². The number of carbonyl (C=O) groups is 3. The summed E-state index contributed by atoms with van der Waals surface area (Å²) in [4.78, 5) is 38.2. The van der Waals surface area contributed by atoms with Crippen LogP contribution in [0.1, 0.15) is 92.4 Å². The lowest BCUT2D eigenvalue weighted by Gasteiger charge is -2.54. The molecule has 188 valence electrons. The highest BCUT2D eigenvalue weighted by Gasteiger charge is 2.59. The van der Waals surface area contributed by atoms with Crippen molar-refractivity contribution in [1.82, 2.24) is 0 Å². The summed E-state index contributed by atoms with van der Waals surface area (Å²) < 4.78 is 4.89. The van der Waals surface area contributed by atoms with Gasteiger partial charge in [0.15, 0.2) is 5.78 Å². The van der Waals surface area contributed by atoms with Crippen LogP contribution in [0.15, 0.2) is 23.3 Å². The van der Waals surface area contributed by atoms with Crippen molar-refractivity contribution in [1.29, 1.82) is 0 Å². The molecule has 34 heavy (non-hydrogen) atoms. The third kappa shape index (κ3) is 3.84. The van der Waals surface area contributed by atoms with Gasteiger partial charge in [0.2, 0.25) is 0 Å². The van der Waals surface area contributed by atoms with E-state index in [1.807, 2.05) is 6.92 Å². The summed E-state index contributed by atoms with van der Waals surface area (Å²) in [6.07, 6.45) is 8.31. The number of hydrogen-bond donors (Lipinski definition) is 0. The summed E-state index contributed by atoms with van der Waals surface area (Å²) in [7, 11) is 1.43. The molecular weight excluding hydrogens is 424 g/mol. The van der Waals surface area contributed by atoms with E-state index < -0.39 is 0 Å². The second-order valence-corrected chi connectivity index (χ2v) is 12.5. The van der Waals surface area contributed by atoms with Crippen molar-refractivity contribution in [2.75, 3.05) is 7.11 Å². The van der Waals surface area contributed by atoms with E-state index in [4.69, 9.17) is 4.74 Å². The monoisotopic (exact) mass is 468 g/mol. The van der Waals surface area contributed by atoms with Gasteiger partial charge in [0.1, 0.15) is 5.78 Å². The van der Waals surface area contributed by atoms with Crippen molar-refractivity contribution in [3.8, 4) is 0 Å². The van der Waals surface area contributed by atoms with E-state index in [0.29, 0.717) is 48.1 Å². The number of fused-ring (bicyclic) bond motifs is 4. The predicted molar refractivity (Wildman–Crippen MR) is 134 cm³/mol. The van der Waals surface area contributed by atoms with Crippen LogP contribution in [-0.2, 0) is 19.1 Å². The maximum Gasteiger partial charge on any atom is 0.312 e. The molecule has 0 amide bonds. The molecule has 2 saturated carbocycles. The molecule has 0 heterocycles. The van der Waals surface area contributed by atoms with E-state index in [1.54, 1.807) is 0 Å². The zero-order valence-corrected chi connectivity index (χ0v) is 22.2. The van der Waals surface area contributed by atoms with Crippen molar-refractivity contribution in [2.24, 2.45) is 46.3 Å². The van der Waals surface area contributed by atoms with Crippen molar-refractivity contribution in [3.05, 3.63) is 23.3 Å². The van der Waals surface area contributed by atoms with E-state index in [9.17, 15) is 14.4 Å². The van der Waals surface area contributed by atoms with Gasteiger partial charge < -0.3 is 4.74 Å². The highest BCUT2D eigenvalue weighted by molar-refractivity contribution is 6.00. The maximum atomic E-state index is 13.8. The fraction of sp³-hybridized carbons (Fsp3) is 0.767. The molecule has 0 radical (unpaired) electrons. The Hall–Kier alpha value is -1.71.